The Balaban J connectivity index is 1.82. The third-order valence-electron chi connectivity index (χ3n) is 3.24. The van der Waals surface area contributed by atoms with Gasteiger partial charge in [-0.25, -0.2) is 0 Å². The number of nitrogens with one attached hydrogen (secondary N) is 1. The van der Waals surface area contributed by atoms with Crippen LogP contribution in [0.1, 0.15) is 24.8 Å². The Hall–Kier alpha value is -2.17. The fraction of sp³-hybridized carbons (Fsp3) is 0.357. The molecule has 0 aliphatic heterocycles. The molecule has 2 atom stereocenters. The molecule has 0 radical (unpaired) electrons. The van der Waals surface area contributed by atoms with Gasteiger partial charge in [-0.1, -0.05) is 6.07 Å². The second-order valence-electron chi connectivity index (χ2n) is 4.67. The monoisotopic (exact) mass is 260 g/mol. The van der Waals surface area contributed by atoms with Crippen LogP contribution in [0.4, 0.5) is 0 Å². The van der Waals surface area contributed by atoms with Crippen LogP contribution in [-0.4, -0.2) is 28.0 Å². The summed E-state index contributed by atoms with van der Waals surface area (Å²) in [6, 6.07) is 3.62. The number of hydrogen-bond acceptors (Lipinski definition) is 3. The zero-order valence-electron chi connectivity index (χ0n) is 10.5. The molecule has 2 unspecified atom stereocenters. The first-order chi connectivity index (χ1) is 9.15. The lowest BCUT2D eigenvalue weighted by Crippen LogP contribution is -2.31. The highest BCUT2D eigenvalue weighted by molar-refractivity contribution is 5.91. The number of carbonyl (C=O) groups excluding carboxylic acids is 1. The van der Waals surface area contributed by atoms with Crippen LogP contribution in [0, 0.1) is 5.92 Å². The van der Waals surface area contributed by atoms with Crippen molar-refractivity contribution in [3.63, 3.8) is 0 Å². The van der Waals surface area contributed by atoms with Gasteiger partial charge in [0, 0.05) is 24.5 Å². The van der Waals surface area contributed by atoms with Crippen LogP contribution in [0.5, 0.6) is 0 Å². The summed E-state index contributed by atoms with van der Waals surface area (Å²) in [6.07, 6.45) is 8.34. The molecule has 1 aliphatic rings. The zero-order valence-corrected chi connectivity index (χ0v) is 10.5. The van der Waals surface area contributed by atoms with Crippen molar-refractivity contribution in [2.45, 2.75) is 25.3 Å². The van der Waals surface area contributed by atoms with Crippen molar-refractivity contribution < 1.29 is 14.7 Å². The topological polar surface area (TPSA) is 79.3 Å². The summed E-state index contributed by atoms with van der Waals surface area (Å²) in [5, 5.41) is 11.7. The molecule has 1 aromatic heterocycles. The van der Waals surface area contributed by atoms with Crippen molar-refractivity contribution in [3.8, 4) is 0 Å². The van der Waals surface area contributed by atoms with Gasteiger partial charge in [0.25, 0.3) is 0 Å². The van der Waals surface area contributed by atoms with Crippen LogP contribution in [0.3, 0.4) is 0 Å². The number of carboxylic acids is 1. The van der Waals surface area contributed by atoms with Gasteiger partial charge >= 0.3 is 5.97 Å². The minimum absolute atomic E-state index is 0.0350. The molecule has 1 aliphatic carbocycles. The molecule has 1 aromatic rings. The van der Waals surface area contributed by atoms with Gasteiger partial charge in [-0.05, 0) is 37.0 Å². The molecule has 1 heterocycles. The number of carboxylic acid groups (broad SMARTS) is 1. The Kier molecular flexibility index (Phi) is 4.28. The molecule has 1 amide bonds. The van der Waals surface area contributed by atoms with E-state index in [1.54, 1.807) is 24.5 Å². The second-order valence-corrected chi connectivity index (χ2v) is 4.67. The smallest absolute Gasteiger partial charge is 0.306 e. The number of nitrogens with zero attached hydrogens (tertiary/aromatic N) is 1. The average molecular weight is 260 g/mol. The van der Waals surface area contributed by atoms with Crippen molar-refractivity contribution in [2.75, 3.05) is 0 Å². The highest BCUT2D eigenvalue weighted by Crippen LogP contribution is 2.25. The molecular weight excluding hydrogens is 244 g/mol. The number of amides is 1. The number of carbonyl (C=O) groups is 2. The standard InChI is InChI=1S/C14H16N2O3/c17-13(6-3-10-2-1-7-15-9-10)16-12-5-4-11(8-12)14(18)19/h1-3,6-7,9,11-12H,4-5,8H2,(H,16,17)(H,18,19). The van der Waals surface area contributed by atoms with Gasteiger partial charge in [-0.3, -0.25) is 14.6 Å². The number of hydrogen-bond donors (Lipinski definition) is 2. The van der Waals surface area contributed by atoms with E-state index in [-0.39, 0.29) is 17.9 Å². The number of rotatable bonds is 4. The lowest BCUT2D eigenvalue weighted by Gasteiger charge is -2.10. The Morgan fingerprint density at radius 1 is 1.42 bits per heavy atom. The summed E-state index contributed by atoms with van der Waals surface area (Å²) in [7, 11) is 0. The number of aliphatic carboxylic acids is 1. The zero-order chi connectivity index (χ0) is 13.7. The predicted octanol–water partition coefficient (Wildman–Crippen LogP) is 1.46. The first-order valence-corrected chi connectivity index (χ1v) is 6.26. The molecule has 1 fully saturated rings. The number of aromatic nitrogens is 1. The molecule has 2 N–H and O–H groups in total. The van der Waals surface area contributed by atoms with E-state index >= 15 is 0 Å². The lowest BCUT2D eigenvalue weighted by molar-refractivity contribution is -0.141. The fourth-order valence-corrected chi connectivity index (χ4v) is 2.23. The first-order valence-electron chi connectivity index (χ1n) is 6.26. The molecule has 5 nitrogen and oxygen atoms in total. The van der Waals surface area contributed by atoms with Crippen LogP contribution in [0.15, 0.2) is 30.6 Å². The Morgan fingerprint density at radius 3 is 2.89 bits per heavy atom. The normalized spacial score (nSPS) is 22.5. The van der Waals surface area contributed by atoms with E-state index in [9.17, 15) is 9.59 Å². The summed E-state index contributed by atoms with van der Waals surface area (Å²) in [5.41, 5.74) is 0.854. The maximum absolute atomic E-state index is 11.7. The fourth-order valence-electron chi connectivity index (χ4n) is 2.23. The van der Waals surface area contributed by atoms with Crippen LogP contribution >= 0.6 is 0 Å². The summed E-state index contributed by atoms with van der Waals surface area (Å²) in [5.74, 6) is -1.30. The van der Waals surface area contributed by atoms with Gasteiger partial charge in [0.1, 0.15) is 0 Å². The predicted molar refractivity (Wildman–Crippen MR) is 70.2 cm³/mol. The molecule has 19 heavy (non-hydrogen) atoms. The van der Waals surface area contributed by atoms with Gasteiger partial charge < -0.3 is 10.4 Å². The van der Waals surface area contributed by atoms with Gasteiger partial charge in [0.2, 0.25) is 5.91 Å². The molecule has 0 saturated heterocycles. The van der Waals surface area contributed by atoms with Crippen molar-refractivity contribution in [3.05, 3.63) is 36.2 Å². The second kappa shape index (κ2) is 6.13. The van der Waals surface area contributed by atoms with E-state index in [4.69, 9.17) is 5.11 Å². The molecule has 0 bridgehead atoms. The van der Waals surface area contributed by atoms with E-state index in [2.05, 4.69) is 10.3 Å². The van der Waals surface area contributed by atoms with E-state index in [0.29, 0.717) is 12.8 Å². The number of pyridine rings is 1. The highest BCUT2D eigenvalue weighted by atomic mass is 16.4. The Morgan fingerprint density at radius 2 is 2.26 bits per heavy atom. The van der Waals surface area contributed by atoms with Crippen LogP contribution < -0.4 is 5.32 Å². The quantitative estimate of drug-likeness (QED) is 0.803. The van der Waals surface area contributed by atoms with Crippen LogP contribution in [0.2, 0.25) is 0 Å². The van der Waals surface area contributed by atoms with E-state index in [0.717, 1.165) is 12.0 Å². The SMILES string of the molecule is O=C(C=Cc1cccnc1)NC1CCC(C(=O)O)C1. The van der Waals surface area contributed by atoms with Crippen molar-refractivity contribution in [2.24, 2.45) is 5.92 Å². The minimum Gasteiger partial charge on any atom is -0.481 e. The maximum Gasteiger partial charge on any atom is 0.306 e. The van der Waals surface area contributed by atoms with Gasteiger partial charge in [-0.2, -0.15) is 0 Å². The first kappa shape index (κ1) is 13.3. The highest BCUT2D eigenvalue weighted by Gasteiger charge is 2.30. The van der Waals surface area contributed by atoms with E-state index in [1.807, 2.05) is 6.07 Å². The third-order valence-corrected chi connectivity index (χ3v) is 3.24. The minimum atomic E-state index is -0.775. The van der Waals surface area contributed by atoms with Crippen molar-refractivity contribution >= 4 is 18.0 Å². The van der Waals surface area contributed by atoms with Crippen molar-refractivity contribution in [1.82, 2.24) is 10.3 Å². The Labute approximate surface area is 111 Å². The summed E-state index contributed by atoms with van der Waals surface area (Å²) in [4.78, 5) is 26.4. The molecule has 0 aromatic carbocycles. The molecule has 0 spiro atoms. The van der Waals surface area contributed by atoms with Crippen molar-refractivity contribution in [1.29, 1.82) is 0 Å². The average Bonchev–Trinajstić information content (AvgIpc) is 2.86. The third kappa shape index (κ3) is 3.91. The molecule has 2 rings (SSSR count). The molecule has 1 saturated carbocycles. The van der Waals surface area contributed by atoms with E-state index in [1.165, 1.54) is 6.08 Å². The van der Waals surface area contributed by atoms with Crippen LogP contribution in [0.25, 0.3) is 6.08 Å². The van der Waals surface area contributed by atoms with Gasteiger partial charge in [0.05, 0.1) is 5.92 Å². The van der Waals surface area contributed by atoms with Crippen LogP contribution in [-0.2, 0) is 9.59 Å². The summed E-state index contributed by atoms with van der Waals surface area (Å²) < 4.78 is 0. The summed E-state index contributed by atoms with van der Waals surface area (Å²) in [6.45, 7) is 0. The summed E-state index contributed by atoms with van der Waals surface area (Å²) >= 11 is 0. The molecular formula is C14H16N2O3. The molecule has 5 heteroatoms. The lowest BCUT2D eigenvalue weighted by atomic mass is 10.1. The molecule has 100 valence electrons. The maximum atomic E-state index is 11.7. The van der Waals surface area contributed by atoms with E-state index < -0.39 is 5.97 Å². The largest absolute Gasteiger partial charge is 0.481 e. The Bertz CT molecular complexity index is 485. The van der Waals surface area contributed by atoms with Gasteiger partial charge in [-0.15, -0.1) is 0 Å². The van der Waals surface area contributed by atoms with Gasteiger partial charge in [0.15, 0.2) is 0 Å².